The molecule has 0 atom stereocenters. The van der Waals surface area contributed by atoms with Gasteiger partial charge in [0, 0.05) is 5.41 Å². The van der Waals surface area contributed by atoms with E-state index in [9.17, 15) is 4.79 Å². The Bertz CT molecular complexity index is 360. The van der Waals surface area contributed by atoms with Gasteiger partial charge >= 0.3 is 0 Å². The van der Waals surface area contributed by atoms with E-state index in [0.717, 1.165) is 5.56 Å². The molecule has 0 aliphatic rings. The molecule has 0 radical (unpaired) electrons. The Morgan fingerprint density at radius 3 is 2.50 bits per heavy atom. The molecule has 5 heteroatoms. The van der Waals surface area contributed by atoms with Crippen molar-refractivity contribution < 1.29 is 4.79 Å². The van der Waals surface area contributed by atoms with Crippen molar-refractivity contribution >= 4 is 40.4 Å². The van der Waals surface area contributed by atoms with Crippen molar-refractivity contribution in [1.82, 2.24) is 0 Å². The van der Waals surface area contributed by atoms with Crippen LogP contribution in [0.15, 0.2) is 6.07 Å². The molecule has 0 aliphatic carbocycles. The monoisotopic (exact) mass is 251 g/mol. The number of primary amides is 1. The van der Waals surface area contributed by atoms with Crippen LogP contribution in [0.25, 0.3) is 0 Å². The van der Waals surface area contributed by atoms with Crippen LogP contribution in [0.4, 0.5) is 0 Å². The molecule has 0 unspecified atom stereocenters. The molecule has 78 valence electrons. The van der Waals surface area contributed by atoms with E-state index >= 15 is 0 Å². The maximum absolute atomic E-state index is 11.1. The van der Waals surface area contributed by atoms with Gasteiger partial charge in [0.15, 0.2) is 0 Å². The van der Waals surface area contributed by atoms with Crippen molar-refractivity contribution in [3.8, 4) is 0 Å². The van der Waals surface area contributed by atoms with Gasteiger partial charge in [-0.15, -0.1) is 11.3 Å². The zero-order valence-electron chi connectivity index (χ0n) is 7.93. The van der Waals surface area contributed by atoms with E-state index in [1.807, 2.05) is 0 Å². The van der Waals surface area contributed by atoms with Gasteiger partial charge in [0.25, 0.3) is 0 Å². The van der Waals surface area contributed by atoms with Gasteiger partial charge in [-0.05, 0) is 18.1 Å². The van der Waals surface area contributed by atoms with E-state index < -0.39 is 5.41 Å². The lowest BCUT2D eigenvalue weighted by atomic mass is 9.86. The van der Waals surface area contributed by atoms with Gasteiger partial charge in [-0.25, -0.2) is 0 Å². The lowest BCUT2D eigenvalue weighted by Crippen LogP contribution is -2.33. The van der Waals surface area contributed by atoms with Crippen LogP contribution in [0.3, 0.4) is 0 Å². The fourth-order valence-corrected chi connectivity index (χ4v) is 2.55. The Morgan fingerprint density at radius 1 is 1.57 bits per heavy atom. The average molecular weight is 252 g/mol. The molecule has 0 aromatic carbocycles. The van der Waals surface area contributed by atoms with Crippen LogP contribution in [-0.2, 0) is 11.2 Å². The Labute approximate surface area is 97.0 Å². The molecule has 1 aromatic rings. The van der Waals surface area contributed by atoms with Crippen LogP contribution in [-0.4, -0.2) is 5.91 Å². The molecule has 2 N–H and O–H groups in total. The summed E-state index contributed by atoms with van der Waals surface area (Å²) < 4.78 is 1.26. The number of carbonyl (C=O) groups is 1. The SMILES string of the molecule is CC(C)(Cc1cc(Cl)sc1Cl)C(N)=O. The predicted molar refractivity (Wildman–Crippen MR) is 61.0 cm³/mol. The molecule has 0 saturated carbocycles. The van der Waals surface area contributed by atoms with Crippen molar-refractivity contribution in [2.45, 2.75) is 20.3 Å². The minimum atomic E-state index is -0.589. The predicted octanol–water partition coefficient (Wildman–Crippen LogP) is 3.11. The maximum Gasteiger partial charge on any atom is 0.223 e. The van der Waals surface area contributed by atoms with E-state index in [1.165, 1.54) is 11.3 Å². The second-order valence-corrected chi connectivity index (χ2v) is 6.06. The molecule has 14 heavy (non-hydrogen) atoms. The standard InChI is InChI=1S/C9H11Cl2NOS/c1-9(2,8(12)13)4-5-3-6(10)14-7(5)11/h3H,4H2,1-2H3,(H2,12,13). The van der Waals surface area contributed by atoms with Crippen molar-refractivity contribution in [2.75, 3.05) is 0 Å². The van der Waals surface area contributed by atoms with Gasteiger partial charge in [0.2, 0.25) is 5.91 Å². The van der Waals surface area contributed by atoms with E-state index in [2.05, 4.69) is 0 Å². The van der Waals surface area contributed by atoms with E-state index in [1.54, 1.807) is 19.9 Å². The number of hydrogen-bond acceptors (Lipinski definition) is 2. The quantitative estimate of drug-likeness (QED) is 0.882. The van der Waals surface area contributed by atoms with Gasteiger partial charge in [-0.3, -0.25) is 4.79 Å². The first-order chi connectivity index (χ1) is 6.33. The van der Waals surface area contributed by atoms with Gasteiger partial charge in [0.1, 0.15) is 0 Å². The number of carbonyl (C=O) groups excluding carboxylic acids is 1. The first kappa shape index (κ1) is 11.8. The van der Waals surface area contributed by atoms with Crippen LogP contribution in [0.2, 0.25) is 8.67 Å². The molecular formula is C9H11Cl2NOS. The molecule has 0 spiro atoms. The Morgan fingerprint density at radius 2 is 2.14 bits per heavy atom. The number of hydrogen-bond donors (Lipinski definition) is 1. The first-order valence-corrected chi connectivity index (χ1v) is 5.64. The zero-order chi connectivity index (χ0) is 10.9. The third-order valence-corrected chi connectivity index (χ3v) is 3.60. The summed E-state index contributed by atoms with van der Waals surface area (Å²) >= 11 is 13.0. The molecule has 1 rings (SSSR count). The molecule has 1 amide bonds. The van der Waals surface area contributed by atoms with Gasteiger partial charge in [-0.2, -0.15) is 0 Å². The summed E-state index contributed by atoms with van der Waals surface area (Å²) in [6.45, 7) is 3.58. The summed E-state index contributed by atoms with van der Waals surface area (Å²) in [5.41, 5.74) is 5.55. The van der Waals surface area contributed by atoms with E-state index in [4.69, 9.17) is 28.9 Å². The number of halogens is 2. The van der Waals surface area contributed by atoms with Gasteiger partial charge < -0.3 is 5.73 Å². The maximum atomic E-state index is 11.1. The highest BCUT2D eigenvalue weighted by Gasteiger charge is 2.26. The fourth-order valence-electron chi connectivity index (χ4n) is 1.06. The summed E-state index contributed by atoms with van der Waals surface area (Å²) in [6, 6.07) is 1.78. The van der Waals surface area contributed by atoms with Crippen molar-refractivity contribution in [2.24, 2.45) is 11.1 Å². The number of rotatable bonds is 3. The van der Waals surface area contributed by atoms with Crippen LogP contribution in [0, 0.1) is 5.41 Å². The third kappa shape index (κ3) is 2.62. The average Bonchev–Trinajstić information content (AvgIpc) is 2.29. The molecule has 2 nitrogen and oxygen atoms in total. The number of amides is 1. The minimum absolute atomic E-state index is 0.337. The highest BCUT2D eigenvalue weighted by molar-refractivity contribution is 7.20. The minimum Gasteiger partial charge on any atom is -0.369 e. The number of nitrogens with two attached hydrogens (primary N) is 1. The Hall–Kier alpha value is -0.250. The highest BCUT2D eigenvalue weighted by atomic mass is 35.5. The molecule has 0 fully saturated rings. The van der Waals surface area contributed by atoms with Crippen molar-refractivity contribution in [1.29, 1.82) is 0 Å². The lowest BCUT2D eigenvalue weighted by molar-refractivity contribution is -0.125. The van der Waals surface area contributed by atoms with E-state index in [-0.39, 0.29) is 5.91 Å². The normalized spacial score (nSPS) is 11.7. The largest absolute Gasteiger partial charge is 0.369 e. The van der Waals surface area contributed by atoms with Crippen LogP contribution in [0.5, 0.6) is 0 Å². The summed E-state index contributed by atoms with van der Waals surface area (Å²) in [5.74, 6) is -0.337. The lowest BCUT2D eigenvalue weighted by Gasteiger charge is -2.19. The van der Waals surface area contributed by atoms with Crippen molar-refractivity contribution in [3.05, 3.63) is 20.3 Å². The topological polar surface area (TPSA) is 43.1 Å². The second-order valence-electron chi connectivity index (χ2n) is 3.77. The Kier molecular flexibility index (Phi) is 3.45. The summed E-state index contributed by atoms with van der Waals surface area (Å²) in [7, 11) is 0. The zero-order valence-corrected chi connectivity index (χ0v) is 10.3. The molecule has 1 aromatic heterocycles. The smallest absolute Gasteiger partial charge is 0.223 e. The summed E-state index contributed by atoms with van der Waals surface area (Å²) in [6.07, 6.45) is 0.518. The second kappa shape index (κ2) is 4.09. The van der Waals surface area contributed by atoms with Crippen LogP contribution in [0.1, 0.15) is 19.4 Å². The fraction of sp³-hybridized carbons (Fsp3) is 0.444. The van der Waals surface area contributed by atoms with Gasteiger partial charge in [-0.1, -0.05) is 37.0 Å². The summed E-state index contributed by atoms with van der Waals surface area (Å²) in [5, 5.41) is 0. The number of thiophene rings is 1. The molecular weight excluding hydrogens is 241 g/mol. The summed E-state index contributed by atoms with van der Waals surface area (Å²) in [4.78, 5) is 11.1. The first-order valence-electron chi connectivity index (χ1n) is 4.06. The van der Waals surface area contributed by atoms with Gasteiger partial charge in [0.05, 0.1) is 8.67 Å². The molecule has 0 saturated heterocycles. The third-order valence-electron chi connectivity index (χ3n) is 2.03. The molecule has 0 aliphatic heterocycles. The molecule has 0 bridgehead atoms. The van der Waals surface area contributed by atoms with Crippen LogP contribution < -0.4 is 5.73 Å². The van der Waals surface area contributed by atoms with E-state index in [0.29, 0.717) is 15.1 Å². The Balaban J connectivity index is 2.88. The highest BCUT2D eigenvalue weighted by Crippen LogP contribution is 2.35. The van der Waals surface area contributed by atoms with Crippen molar-refractivity contribution in [3.63, 3.8) is 0 Å². The molecule has 1 heterocycles. The van der Waals surface area contributed by atoms with Crippen LogP contribution >= 0.6 is 34.5 Å².